The zero-order valence-corrected chi connectivity index (χ0v) is 16.8. The molecular weight excluding hydrogens is 316 g/mol. The Morgan fingerprint density at radius 3 is 2.21 bits per heavy atom. The molecule has 2 heterocycles. The van der Waals surface area contributed by atoms with Gasteiger partial charge in [0.1, 0.15) is 5.88 Å². The predicted molar refractivity (Wildman–Crippen MR) is 105 cm³/mol. The minimum absolute atomic E-state index is 0.396. The molecule has 0 radical (unpaired) electrons. The fourth-order valence-electron chi connectivity index (χ4n) is 4.09. The van der Waals surface area contributed by atoms with Crippen LogP contribution in [-0.4, -0.2) is 53.2 Å². The van der Waals surface area contributed by atoms with Gasteiger partial charge < -0.3 is 0 Å². The zero-order chi connectivity index (χ0) is 17.1. The van der Waals surface area contributed by atoms with Gasteiger partial charge >= 0.3 is 0 Å². The fourth-order valence-corrected chi connectivity index (χ4v) is 5.46. The van der Waals surface area contributed by atoms with Gasteiger partial charge in [0.2, 0.25) is 5.91 Å². The normalized spacial score (nSPS) is 24.2. The van der Waals surface area contributed by atoms with Crippen molar-refractivity contribution < 1.29 is 9.28 Å². The Morgan fingerprint density at radius 1 is 1.00 bits per heavy atom. The molecule has 0 spiro atoms. The summed E-state index contributed by atoms with van der Waals surface area (Å²) >= 11 is 2.08. The van der Waals surface area contributed by atoms with Crippen molar-refractivity contribution in [3.05, 3.63) is 0 Å². The van der Waals surface area contributed by atoms with Crippen molar-refractivity contribution in [3.63, 3.8) is 0 Å². The molecule has 0 aromatic carbocycles. The van der Waals surface area contributed by atoms with E-state index in [1.807, 2.05) is 0 Å². The standard InChI is InChI=1S/C20H39N2OS/c1-2-3-4-5-6-7-8-9-10-11-15-22(16-17-24-19-22)18-21-14-12-13-20(21)23/h2-19H2,1H3/q+1. The first-order valence-corrected chi connectivity index (χ1v) is 11.6. The molecule has 0 aliphatic carbocycles. The number of hydrogen-bond acceptors (Lipinski definition) is 2. The summed E-state index contributed by atoms with van der Waals surface area (Å²) in [5.74, 6) is 2.90. The summed E-state index contributed by atoms with van der Waals surface area (Å²) < 4.78 is 1.17. The summed E-state index contributed by atoms with van der Waals surface area (Å²) in [6.07, 6.45) is 15.9. The summed E-state index contributed by atoms with van der Waals surface area (Å²) in [5, 5.41) is 0. The van der Waals surface area contributed by atoms with E-state index in [1.165, 1.54) is 93.4 Å². The number of thioether (sulfide) groups is 1. The number of carbonyl (C=O) groups excluding carboxylic acids is 1. The van der Waals surface area contributed by atoms with Crippen LogP contribution in [0.3, 0.4) is 0 Å². The third kappa shape index (κ3) is 6.95. The minimum atomic E-state index is 0.396. The molecule has 1 unspecified atom stereocenters. The van der Waals surface area contributed by atoms with E-state index < -0.39 is 0 Å². The number of unbranched alkanes of at least 4 members (excludes halogenated alkanes) is 9. The summed E-state index contributed by atoms with van der Waals surface area (Å²) in [5.41, 5.74) is 0. The van der Waals surface area contributed by atoms with E-state index in [0.29, 0.717) is 5.91 Å². The molecule has 24 heavy (non-hydrogen) atoms. The van der Waals surface area contributed by atoms with Crippen LogP contribution in [0.2, 0.25) is 0 Å². The second kappa shape index (κ2) is 11.4. The Labute approximate surface area is 154 Å². The minimum Gasteiger partial charge on any atom is -0.297 e. The van der Waals surface area contributed by atoms with Gasteiger partial charge in [-0.3, -0.25) is 14.2 Å². The van der Waals surface area contributed by atoms with E-state index in [4.69, 9.17) is 0 Å². The monoisotopic (exact) mass is 355 g/mol. The fraction of sp³-hybridized carbons (Fsp3) is 0.950. The van der Waals surface area contributed by atoms with Gasteiger partial charge in [0.25, 0.3) is 0 Å². The summed E-state index contributed by atoms with van der Waals surface area (Å²) in [6, 6.07) is 0. The molecule has 2 rings (SSSR count). The lowest BCUT2D eigenvalue weighted by Gasteiger charge is -2.36. The third-order valence-electron chi connectivity index (χ3n) is 5.70. The number of likely N-dealkylation sites (tertiary alicyclic amines) is 1. The van der Waals surface area contributed by atoms with Crippen LogP contribution in [0.1, 0.15) is 84.0 Å². The maximum atomic E-state index is 12.0. The van der Waals surface area contributed by atoms with E-state index >= 15 is 0 Å². The largest absolute Gasteiger partial charge is 0.297 e. The van der Waals surface area contributed by atoms with Crippen molar-refractivity contribution in [1.82, 2.24) is 4.90 Å². The number of carbonyl (C=O) groups is 1. The third-order valence-corrected chi connectivity index (χ3v) is 6.90. The van der Waals surface area contributed by atoms with E-state index in [2.05, 4.69) is 23.6 Å². The van der Waals surface area contributed by atoms with Crippen LogP contribution >= 0.6 is 11.8 Å². The molecule has 4 heteroatoms. The second-order valence-electron chi connectivity index (χ2n) is 7.91. The van der Waals surface area contributed by atoms with Crippen LogP contribution in [-0.2, 0) is 4.79 Å². The first kappa shape index (κ1) is 20.1. The molecule has 0 N–H and O–H groups in total. The Morgan fingerprint density at radius 2 is 1.67 bits per heavy atom. The SMILES string of the molecule is CCCCCCCCCCCC[N+]1(CN2CCCC2=O)CCSC1. The Balaban J connectivity index is 1.54. The van der Waals surface area contributed by atoms with Gasteiger partial charge in [0.15, 0.2) is 6.67 Å². The molecule has 0 bridgehead atoms. The average Bonchev–Trinajstić information content (AvgIpc) is 3.20. The molecule has 1 amide bonds. The number of quaternary nitrogens is 1. The molecule has 140 valence electrons. The highest BCUT2D eigenvalue weighted by molar-refractivity contribution is 7.99. The van der Waals surface area contributed by atoms with Gasteiger partial charge in [-0.2, -0.15) is 0 Å². The van der Waals surface area contributed by atoms with Crippen molar-refractivity contribution in [1.29, 1.82) is 0 Å². The first-order chi connectivity index (χ1) is 11.8. The molecule has 2 fully saturated rings. The lowest BCUT2D eigenvalue weighted by Crippen LogP contribution is -2.53. The quantitative estimate of drug-likeness (QED) is 0.342. The van der Waals surface area contributed by atoms with Crippen LogP contribution in [0.4, 0.5) is 0 Å². The maximum Gasteiger partial charge on any atom is 0.226 e. The molecule has 0 saturated carbocycles. The Hall–Kier alpha value is -0.220. The summed E-state index contributed by atoms with van der Waals surface area (Å²) in [4.78, 5) is 14.1. The molecule has 0 aromatic heterocycles. The van der Waals surface area contributed by atoms with Crippen LogP contribution in [0.15, 0.2) is 0 Å². The highest BCUT2D eigenvalue weighted by atomic mass is 32.2. The molecule has 2 saturated heterocycles. The van der Waals surface area contributed by atoms with E-state index in [9.17, 15) is 4.79 Å². The lowest BCUT2D eigenvalue weighted by molar-refractivity contribution is -0.918. The molecule has 2 aliphatic heterocycles. The van der Waals surface area contributed by atoms with Gasteiger partial charge in [-0.25, -0.2) is 0 Å². The Bertz CT molecular complexity index is 356. The van der Waals surface area contributed by atoms with Crippen molar-refractivity contribution >= 4 is 17.7 Å². The molecule has 1 atom stereocenters. The van der Waals surface area contributed by atoms with Crippen LogP contribution in [0.25, 0.3) is 0 Å². The molecule has 3 nitrogen and oxygen atoms in total. The van der Waals surface area contributed by atoms with Crippen molar-refractivity contribution in [2.24, 2.45) is 0 Å². The summed E-state index contributed by atoms with van der Waals surface area (Å²) in [7, 11) is 0. The number of amides is 1. The second-order valence-corrected chi connectivity index (χ2v) is 8.99. The predicted octanol–water partition coefficient (Wildman–Crippen LogP) is 5.01. The van der Waals surface area contributed by atoms with Crippen molar-refractivity contribution in [2.45, 2.75) is 84.0 Å². The molecule has 2 aliphatic rings. The van der Waals surface area contributed by atoms with E-state index in [1.54, 1.807) is 0 Å². The van der Waals surface area contributed by atoms with E-state index in [0.717, 1.165) is 26.1 Å². The molecule has 0 aromatic rings. The van der Waals surface area contributed by atoms with Crippen LogP contribution in [0, 0.1) is 0 Å². The van der Waals surface area contributed by atoms with Crippen LogP contribution in [0.5, 0.6) is 0 Å². The maximum absolute atomic E-state index is 12.0. The highest BCUT2D eigenvalue weighted by Gasteiger charge is 2.36. The van der Waals surface area contributed by atoms with Gasteiger partial charge in [0.05, 0.1) is 13.1 Å². The number of hydrogen-bond donors (Lipinski definition) is 0. The van der Waals surface area contributed by atoms with E-state index in [-0.39, 0.29) is 0 Å². The smallest absolute Gasteiger partial charge is 0.226 e. The lowest BCUT2D eigenvalue weighted by atomic mass is 10.1. The van der Waals surface area contributed by atoms with Crippen molar-refractivity contribution in [3.8, 4) is 0 Å². The Kier molecular flexibility index (Phi) is 9.55. The summed E-state index contributed by atoms with van der Waals surface area (Å²) in [6.45, 7) is 6.83. The van der Waals surface area contributed by atoms with Gasteiger partial charge in [-0.15, -0.1) is 0 Å². The zero-order valence-electron chi connectivity index (χ0n) is 15.9. The molecular formula is C20H39N2OS+. The number of rotatable bonds is 13. The topological polar surface area (TPSA) is 20.3 Å². The van der Waals surface area contributed by atoms with Crippen LogP contribution < -0.4 is 0 Å². The highest BCUT2D eigenvalue weighted by Crippen LogP contribution is 2.27. The average molecular weight is 356 g/mol. The first-order valence-electron chi connectivity index (χ1n) is 10.5. The van der Waals surface area contributed by atoms with Gasteiger partial charge in [-0.1, -0.05) is 70.1 Å². The van der Waals surface area contributed by atoms with Gasteiger partial charge in [-0.05, 0) is 19.3 Å². The number of nitrogens with zero attached hydrogens (tertiary/aromatic N) is 2. The van der Waals surface area contributed by atoms with Gasteiger partial charge in [0, 0.05) is 18.7 Å². The van der Waals surface area contributed by atoms with Crippen molar-refractivity contribution in [2.75, 3.05) is 37.9 Å².